The van der Waals surface area contributed by atoms with Crippen molar-refractivity contribution in [2.45, 2.75) is 32.7 Å². The third kappa shape index (κ3) is 6.19. The van der Waals surface area contributed by atoms with E-state index in [4.69, 9.17) is 4.74 Å². The maximum atomic E-state index is 12.0. The first kappa shape index (κ1) is 19.4. The van der Waals surface area contributed by atoms with Crippen molar-refractivity contribution in [3.05, 3.63) is 29.8 Å². The van der Waals surface area contributed by atoms with E-state index in [1.54, 1.807) is 14.0 Å². The topological polar surface area (TPSA) is 75.7 Å². The van der Waals surface area contributed by atoms with Crippen molar-refractivity contribution >= 4 is 15.9 Å². The van der Waals surface area contributed by atoms with Crippen LogP contribution in [0.1, 0.15) is 25.8 Å². The van der Waals surface area contributed by atoms with Crippen LogP contribution in [0.25, 0.3) is 0 Å². The van der Waals surface area contributed by atoms with Crippen molar-refractivity contribution in [1.29, 1.82) is 0 Å². The van der Waals surface area contributed by atoms with Crippen LogP contribution in [0.2, 0.25) is 0 Å². The van der Waals surface area contributed by atoms with Gasteiger partial charge in [0.1, 0.15) is 5.75 Å². The number of carbonyl (C=O) groups is 1. The molecule has 1 aromatic rings. The molecule has 1 N–H and O–H groups in total. The Morgan fingerprint density at radius 1 is 1.35 bits per heavy atom. The molecule has 0 fully saturated rings. The fraction of sp³-hybridized carbons (Fsp3) is 0.562. The Morgan fingerprint density at radius 3 is 2.57 bits per heavy atom. The summed E-state index contributed by atoms with van der Waals surface area (Å²) in [7, 11) is -1.80. The number of methoxy groups -OCH3 is 1. The second-order valence-electron chi connectivity index (χ2n) is 5.48. The smallest absolute Gasteiger partial charge is 0.235 e. The highest BCUT2D eigenvalue weighted by Gasteiger charge is 2.24. The molecule has 0 bridgehead atoms. The molecule has 1 amide bonds. The van der Waals surface area contributed by atoms with Gasteiger partial charge in [0.25, 0.3) is 0 Å². The van der Waals surface area contributed by atoms with E-state index in [0.29, 0.717) is 19.4 Å². The van der Waals surface area contributed by atoms with Crippen molar-refractivity contribution < 1.29 is 17.9 Å². The minimum atomic E-state index is -3.41. The number of amides is 1. The van der Waals surface area contributed by atoms with E-state index < -0.39 is 10.0 Å². The normalized spacial score (nSPS) is 12.9. The first-order valence-electron chi connectivity index (χ1n) is 7.65. The maximum absolute atomic E-state index is 12.0. The van der Waals surface area contributed by atoms with Crippen molar-refractivity contribution in [2.24, 2.45) is 0 Å². The monoisotopic (exact) mass is 342 g/mol. The van der Waals surface area contributed by atoms with Gasteiger partial charge in [-0.15, -0.1) is 0 Å². The molecule has 1 rings (SSSR count). The fourth-order valence-electron chi connectivity index (χ4n) is 2.25. The molecule has 0 aliphatic rings. The first-order valence-corrected chi connectivity index (χ1v) is 9.49. The Kier molecular flexibility index (Phi) is 7.51. The summed E-state index contributed by atoms with van der Waals surface area (Å²) in [5.74, 6) is 0.477. The quantitative estimate of drug-likeness (QED) is 0.736. The van der Waals surface area contributed by atoms with Gasteiger partial charge in [-0.25, -0.2) is 8.42 Å². The van der Waals surface area contributed by atoms with Crippen LogP contribution < -0.4 is 10.1 Å². The summed E-state index contributed by atoms with van der Waals surface area (Å²) in [6.07, 6.45) is 2.40. The second kappa shape index (κ2) is 8.88. The van der Waals surface area contributed by atoms with Crippen molar-refractivity contribution in [1.82, 2.24) is 9.62 Å². The number of ether oxygens (including phenoxy) is 1. The zero-order chi connectivity index (χ0) is 17.5. The summed E-state index contributed by atoms with van der Waals surface area (Å²) in [5.41, 5.74) is 0.997. The molecule has 1 atom stereocenters. The molecule has 0 aromatic heterocycles. The molecule has 0 radical (unpaired) electrons. The van der Waals surface area contributed by atoms with Gasteiger partial charge in [0.05, 0.1) is 19.9 Å². The van der Waals surface area contributed by atoms with Gasteiger partial charge in [0.2, 0.25) is 15.9 Å². The lowest BCUT2D eigenvalue weighted by atomic mass is 10.1. The first-order chi connectivity index (χ1) is 10.8. The summed E-state index contributed by atoms with van der Waals surface area (Å²) in [5, 5.41) is 2.76. The SMILES string of the molecule is CCC(C)N(CC(=O)NCCc1ccccc1OC)S(C)(=O)=O. The molecular formula is C16H26N2O4S. The zero-order valence-corrected chi connectivity index (χ0v) is 15.0. The van der Waals surface area contributed by atoms with E-state index in [2.05, 4.69) is 5.32 Å². The highest BCUT2D eigenvalue weighted by molar-refractivity contribution is 7.88. The van der Waals surface area contributed by atoms with Crippen LogP contribution in [0.3, 0.4) is 0 Å². The molecule has 0 saturated heterocycles. The predicted molar refractivity (Wildman–Crippen MR) is 91.0 cm³/mol. The van der Waals surface area contributed by atoms with Crippen LogP contribution >= 0.6 is 0 Å². The Hall–Kier alpha value is -1.60. The van der Waals surface area contributed by atoms with Crippen LogP contribution in [-0.4, -0.2) is 51.1 Å². The molecule has 7 heteroatoms. The van der Waals surface area contributed by atoms with E-state index in [1.807, 2.05) is 31.2 Å². The number of hydrogen-bond donors (Lipinski definition) is 1. The van der Waals surface area contributed by atoms with E-state index in [-0.39, 0.29) is 18.5 Å². The van der Waals surface area contributed by atoms with E-state index >= 15 is 0 Å². The molecule has 6 nitrogen and oxygen atoms in total. The van der Waals surface area contributed by atoms with Crippen LogP contribution in [0, 0.1) is 0 Å². The van der Waals surface area contributed by atoms with Crippen molar-refractivity contribution in [2.75, 3.05) is 26.5 Å². The lowest BCUT2D eigenvalue weighted by molar-refractivity contribution is -0.121. The highest BCUT2D eigenvalue weighted by atomic mass is 32.2. The molecule has 0 spiro atoms. The molecule has 130 valence electrons. The minimum absolute atomic E-state index is 0.153. The van der Waals surface area contributed by atoms with Crippen LogP contribution in [-0.2, 0) is 21.2 Å². The molecule has 0 aliphatic heterocycles. The maximum Gasteiger partial charge on any atom is 0.235 e. The van der Waals surface area contributed by atoms with E-state index in [0.717, 1.165) is 17.6 Å². The summed E-state index contributed by atoms with van der Waals surface area (Å²) < 4.78 is 30.0. The van der Waals surface area contributed by atoms with Gasteiger partial charge in [0, 0.05) is 12.6 Å². The van der Waals surface area contributed by atoms with Gasteiger partial charge in [-0.3, -0.25) is 4.79 Å². The second-order valence-corrected chi connectivity index (χ2v) is 7.41. The summed E-state index contributed by atoms with van der Waals surface area (Å²) in [4.78, 5) is 12.0. The van der Waals surface area contributed by atoms with Gasteiger partial charge >= 0.3 is 0 Å². The van der Waals surface area contributed by atoms with E-state index in [1.165, 1.54) is 4.31 Å². The van der Waals surface area contributed by atoms with Crippen LogP contribution in [0.15, 0.2) is 24.3 Å². The molecule has 0 aliphatic carbocycles. The lowest BCUT2D eigenvalue weighted by Crippen LogP contribution is -2.45. The van der Waals surface area contributed by atoms with Crippen LogP contribution in [0.5, 0.6) is 5.75 Å². The molecule has 1 unspecified atom stereocenters. The average Bonchev–Trinajstić information content (AvgIpc) is 2.51. The lowest BCUT2D eigenvalue weighted by Gasteiger charge is -2.25. The summed E-state index contributed by atoms with van der Waals surface area (Å²) in [6.45, 7) is 3.96. The molecule has 1 aromatic carbocycles. The van der Waals surface area contributed by atoms with Crippen molar-refractivity contribution in [3.63, 3.8) is 0 Å². The van der Waals surface area contributed by atoms with Gasteiger partial charge in [-0.05, 0) is 31.4 Å². The van der Waals surface area contributed by atoms with Gasteiger partial charge in [0.15, 0.2) is 0 Å². The Labute approximate surface area is 138 Å². The zero-order valence-electron chi connectivity index (χ0n) is 14.2. The largest absolute Gasteiger partial charge is 0.496 e. The Morgan fingerprint density at radius 2 is 2.00 bits per heavy atom. The number of nitrogens with one attached hydrogen (secondary N) is 1. The van der Waals surface area contributed by atoms with Crippen LogP contribution in [0.4, 0.5) is 0 Å². The fourth-order valence-corrected chi connectivity index (χ4v) is 3.40. The minimum Gasteiger partial charge on any atom is -0.496 e. The van der Waals surface area contributed by atoms with Gasteiger partial charge < -0.3 is 10.1 Å². The standard InChI is InChI=1S/C16H26N2O4S/c1-5-13(2)18(23(4,20)21)12-16(19)17-11-10-14-8-6-7-9-15(14)22-3/h6-9,13H,5,10-12H2,1-4H3,(H,17,19). The van der Waals surface area contributed by atoms with Crippen molar-refractivity contribution in [3.8, 4) is 5.75 Å². The predicted octanol–water partition coefficient (Wildman–Crippen LogP) is 1.41. The Balaban J connectivity index is 2.56. The Bertz CT molecular complexity index is 616. The molecule has 23 heavy (non-hydrogen) atoms. The summed E-state index contributed by atoms with van der Waals surface area (Å²) >= 11 is 0. The number of carbonyl (C=O) groups excluding carboxylic acids is 1. The number of sulfonamides is 1. The summed E-state index contributed by atoms with van der Waals surface area (Å²) in [6, 6.07) is 7.40. The van der Waals surface area contributed by atoms with E-state index in [9.17, 15) is 13.2 Å². The number of para-hydroxylation sites is 1. The molecule has 0 heterocycles. The number of rotatable bonds is 9. The van der Waals surface area contributed by atoms with Gasteiger partial charge in [-0.2, -0.15) is 4.31 Å². The molecular weight excluding hydrogens is 316 g/mol. The highest BCUT2D eigenvalue weighted by Crippen LogP contribution is 2.17. The number of benzene rings is 1. The number of hydrogen-bond acceptors (Lipinski definition) is 4. The third-order valence-electron chi connectivity index (χ3n) is 3.72. The number of nitrogens with zero attached hydrogens (tertiary/aromatic N) is 1. The average molecular weight is 342 g/mol. The van der Waals surface area contributed by atoms with Gasteiger partial charge in [-0.1, -0.05) is 25.1 Å². The third-order valence-corrected chi connectivity index (χ3v) is 5.06. The molecule has 0 saturated carbocycles.